The number of aromatic nitrogens is 2. The van der Waals surface area contributed by atoms with Gasteiger partial charge in [-0.15, -0.1) is 0 Å². The molecule has 0 aliphatic heterocycles. The fourth-order valence-corrected chi connectivity index (χ4v) is 2.01. The number of nitrogens with one attached hydrogen (secondary N) is 2. The van der Waals surface area contributed by atoms with E-state index in [4.69, 9.17) is 0 Å². The number of aryl methyl sites for hydroxylation is 1. The molecule has 1 aromatic heterocycles. The van der Waals surface area contributed by atoms with E-state index in [1.807, 2.05) is 12.1 Å². The van der Waals surface area contributed by atoms with Crippen LogP contribution in [-0.2, 0) is 6.42 Å². The predicted molar refractivity (Wildman–Crippen MR) is 88.6 cm³/mol. The molecule has 0 saturated carbocycles. The zero-order chi connectivity index (χ0) is 14.9. The van der Waals surface area contributed by atoms with Gasteiger partial charge in [0.15, 0.2) is 0 Å². The molecule has 0 radical (unpaired) electrons. The summed E-state index contributed by atoms with van der Waals surface area (Å²) in [6.07, 6.45) is 3.77. The lowest BCUT2D eigenvalue weighted by molar-refractivity contribution is 0.687. The Morgan fingerprint density at radius 1 is 1.00 bits per heavy atom. The Balaban J connectivity index is 1.74. The molecule has 0 atom stereocenters. The lowest BCUT2D eigenvalue weighted by Gasteiger charge is -2.10. The van der Waals surface area contributed by atoms with Crippen LogP contribution in [0.25, 0.3) is 0 Å². The van der Waals surface area contributed by atoms with Crippen molar-refractivity contribution in [2.45, 2.75) is 26.7 Å². The first-order chi connectivity index (χ1) is 10.2. The third-order valence-corrected chi connectivity index (χ3v) is 3.15. The van der Waals surface area contributed by atoms with Crippen molar-refractivity contribution in [3.05, 3.63) is 48.3 Å². The minimum atomic E-state index is 0.599. The van der Waals surface area contributed by atoms with Crippen molar-refractivity contribution in [3.8, 4) is 0 Å². The monoisotopic (exact) mass is 284 g/mol. The molecule has 0 aliphatic rings. The lowest BCUT2D eigenvalue weighted by Crippen LogP contribution is -2.10. The molecule has 0 spiro atoms. The molecule has 4 nitrogen and oxygen atoms in total. The normalized spacial score (nSPS) is 10.6. The van der Waals surface area contributed by atoms with Gasteiger partial charge in [0.05, 0.1) is 0 Å². The summed E-state index contributed by atoms with van der Waals surface area (Å²) in [7, 11) is 0. The lowest BCUT2D eigenvalue weighted by atomic mass is 10.1. The fourth-order valence-electron chi connectivity index (χ4n) is 2.01. The summed E-state index contributed by atoms with van der Waals surface area (Å²) in [6.45, 7) is 6.19. The summed E-state index contributed by atoms with van der Waals surface area (Å²) < 4.78 is 0. The van der Waals surface area contributed by atoms with Gasteiger partial charge in [-0.1, -0.05) is 44.2 Å². The van der Waals surface area contributed by atoms with E-state index >= 15 is 0 Å². The highest BCUT2D eigenvalue weighted by Gasteiger charge is 1.99. The maximum atomic E-state index is 4.25. The number of anilines is 2. The molecule has 0 aliphatic carbocycles. The molecule has 0 bridgehead atoms. The van der Waals surface area contributed by atoms with E-state index in [0.29, 0.717) is 5.92 Å². The van der Waals surface area contributed by atoms with Gasteiger partial charge >= 0.3 is 0 Å². The highest BCUT2D eigenvalue weighted by molar-refractivity contribution is 5.46. The summed E-state index contributed by atoms with van der Waals surface area (Å²) in [6, 6.07) is 12.5. The van der Waals surface area contributed by atoms with E-state index in [2.05, 4.69) is 58.7 Å². The largest absolute Gasteiger partial charge is 0.370 e. The van der Waals surface area contributed by atoms with Crippen molar-refractivity contribution >= 4 is 11.6 Å². The smallest absolute Gasteiger partial charge is 0.131 e. The standard InChI is InChI=1S/C17H24N4/c1-14(2)12-19-17-11-16(20-13-21-17)18-10-6-9-15-7-4-3-5-8-15/h3-5,7-8,11,13-14H,6,9-10,12H2,1-2H3,(H2,18,19,20,21). The number of nitrogens with zero attached hydrogens (tertiary/aromatic N) is 2. The summed E-state index contributed by atoms with van der Waals surface area (Å²) >= 11 is 0. The van der Waals surface area contributed by atoms with Gasteiger partial charge in [-0.05, 0) is 24.3 Å². The van der Waals surface area contributed by atoms with Crippen molar-refractivity contribution in [1.29, 1.82) is 0 Å². The molecule has 0 amide bonds. The van der Waals surface area contributed by atoms with E-state index in [0.717, 1.165) is 37.6 Å². The second-order valence-electron chi connectivity index (χ2n) is 5.58. The average Bonchev–Trinajstić information content (AvgIpc) is 2.51. The number of benzene rings is 1. The van der Waals surface area contributed by atoms with Gasteiger partial charge in [-0.25, -0.2) is 9.97 Å². The maximum Gasteiger partial charge on any atom is 0.131 e. The number of hydrogen-bond donors (Lipinski definition) is 2. The topological polar surface area (TPSA) is 49.8 Å². The number of rotatable bonds is 8. The molecule has 2 rings (SSSR count). The quantitative estimate of drug-likeness (QED) is 0.727. The van der Waals surface area contributed by atoms with Crippen LogP contribution in [0.5, 0.6) is 0 Å². The van der Waals surface area contributed by atoms with Crippen LogP contribution in [0, 0.1) is 5.92 Å². The first kappa shape index (κ1) is 15.3. The molecule has 4 heteroatoms. The summed E-state index contributed by atoms with van der Waals surface area (Å²) in [4.78, 5) is 8.47. The molecule has 2 aromatic rings. The van der Waals surface area contributed by atoms with Crippen molar-refractivity contribution < 1.29 is 0 Å². The second-order valence-corrected chi connectivity index (χ2v) is 5.58. The molecule has 112 valence electrons. The zero-order valence-corrected chi connectivity index (χ0v) is 12.8. The van der Waals surface area contributed by atoms with Gasteiger partial charge < -0.3 is 10.6 Å². The van der Waals surface area contributed by atoms with Gasteiger partial charge in [0.25, 0.3) is 0 Å². The van der Waals surface area contributed by atoms with Gasteiger partial charge in [0.1, 0.15) is 18.0 Å². The predicted octanol–water partition coefficient (Wildman–Crippen LogP) is 3.59. The van der Waals surface area contributed by atoms with Crippen LogP contribution in [0.2, 0.25) is 0 Å². The van der Waals surface area contributed by atoms with Crippen LogP contribution in [0.3, 0.4) is 0 Å². The zero-order valence-electron chi connectivity index (χ0n) is 12.8. The fraction of sp³-hybridized carbons (Fsp3) is 0.412. The van der Waals surface area contributed by atoms with Crippen LogP contribution < -0.4 is 10.6 Å². The Labute approximate surface area is 127 Å². The van der Waals surface area contributed by atoms with Crippen LogP contribution in [0.15, 0.2) is 42.7 Å². The van der Waals surface area contributed by atoms with Gasteiger partial charge in [0.2, 0.25) is 0 Å². The molecule has 0 fully saturated rings. The molecular formula is C17H24N4. The summed E-state index contributed by atoms with van der Waals surface area (Å²) in [5.74, 6) is 2.36. The highest BCUT2D eigenvalue weighted by atomic mass is 15.1. The molecule has 0 saturated heterocycles. The van der Waals surface area contributed by atoms with Crippen LogP contribution >= 0.6 is 0 Å². The minimum Gasteiger partial charge on any atom is -0.370 e. The van der Waals surface area contributed by atoms with Gasteiger partial charge in [-0.2, -0.15) is 0 Å². The van der Waals surface area contributed by atoms with Crippen molar-refractivity contribution in [2.75, 3.05) is 23.7 Å². The van der Waals surface area contributed by atoms with Gasteiger partial charge in [-0.3, -0.25) is 0 Å². The van der Waals surface area contributed by atoms with Crippen LogP contribution in [-0.4, -0.2) is 23.1 Å². The van der Waals surface area contributed by atoms with E-state index in [1.165, 1.54) is 5.56 Å². The first-order valence-corrected chi connectivity index (χ1v) is 7.58. The Kier molecular flexibility index (Phi) is 6.00. The maximum absolute atomic E-state index is 4.25. The van der Waals surface area contributed by atoms with E-state index in [1.54, 1.807) is 6.33 Å². The Morgan fingerprint density at radius 3 is 2.43 bits per heavy atom. The first-order valence-electron chi connectivity index (χ1n) is 7.58. The van der Waals surface area contributed by atoms with E-state index in [9.17, 15) is 0 Å². The van der Waals surface area contributed by atoms with Crippen molar-refractivity contribution in [3.63, 3.8) is 0 Å². The third-order valence-electron chi connectivity index (χ3n) is 3.15. The summed E-state index contributed by atoms with van der Waals surface area (Å²) in [5, 5.41) is 6.66. The Morgan fingerprint density at radius 2 is 1.71 bits per heavy atom. The number of hydrogen-bond acceptors (Lipinski definition) is 4. The molecule has 1 heterocycles. The molecule has 1 aromatic carbocycles. The third kappa shape index (κ3) is 5.81. The van der Waals surface area contributed by atoms with E-state index in [-0.39, 0.29) is 0 Å². The molecule has 0 unspecified atom stereocenters. The molecule has 2 N–H and O–H groups in total. The van der Waals surface area contributed by atoms with Crippen molar-refractivity contribution in [1.82, 2.24) is 9.97 Å². The minimum absolute atomic E-state index is 0.599. The van der Waals surface area contributed by atoms with Gasteiger partial charge in [0, 0.05) is 19.2 Å². The SMILES string of the molecule is CC(C)CNc1cc(NCCCc2ccccc2)ncn1. The Hall–Kier alpha value is -2.10. The van der Waals surface area contributed by atoms with Crippen LogP contribution in [0.1, 0.15) is 25.8 Å². The highest BCUT2D eigenvalue weighted by Crippen LogP contribution is 2.10. The molecular weight excluding hydrogens is 260 g/mol. The Bertz CT molecular complexity index is 525. The average molecular weight is 284 g/mol. The van der Waals surface area contributed by atoms with E-state index < -0.39 is 0 Å². The van der Waals surface area contributed by atoms with Crippen LogP contribution in [0.4, 0.5) is 11.6 Å². The van der Waals surface area contributed by atoms with Crippen molar-refractivity contribution in [2.24, 2.45) is 5.92 Å². The second kappa shape index (κ2) is 8.25. The molecule has 21 heavy (non-hydrogen) atoms. The summed E-state index contributed by atoms with van der Waals surface area (Å²) in [5.41, 5.74) is 1.38.